The zero-order valence-corrected chi connectivity index (χ0v) is 15.3. The van der Waals surface area contributed by atoms with E-state index in [1.54, 1.807) is 29.8 Å². The maximum atomic E-state index is 13.7. The summed E-state index contributed by atoms with van der Waals surface area (Å²) < 4.78 is 20.7. The summed E-state index contributed by atoms with van der Waals surface area (Å²) in [5.74, 6) is 0.594. The van der Waals surface area contributed by atoms with Gasteiger partial charge >= 0.3 is 0 Å². The molecule has 0 atom stereocenters. The normalized spacial score (nSPS) is 14.1. The van der Waals surface area contributed by atoms with Gasteiger partial charge in [-0.25, -0.2) is 19.3 Å². The lowest BCUT2D eigenvalue weighted by Gasteiger charge is -2.27. The van der Waals surface area contributed by atoms with Gasteiger partial charge in [-0.1, -0.05) is 6.07 Å². The first kappa shape index (κ1) is 18.1. The smallest absolute Gasteiger partial charge is 0.275 e. The van der Waals surface area contributed by atoms with Crippen LogP contribution in [0.15, 0.2) is 43.1 Å². The van der Waals surface area contributed by atoms with Gasteiger partial charge in [0.15, 0.2) is 0 Å². The number of nitrogens with zero attached hydrogens (tertiary/aromatic N) is 5. The number of hydrogen-bond acceptors (Lipinski definition) is 6. The Balaban J connectivity index is 1.50. The molecule has 0 radical (unpaired) electrons. The van der Waals surface area contributed by atoms with E-state index in [0.29, 0.717) is 30.3 Å². The molecule has 2 aromatic heterocycles. The van der Waals surface area contributed by atoms with E-state index in [9.17, 15) is 9.18 Å². The predicted molar refractivity (Wildman–Crippen MR) is 101 cm³/mol. The van der Waals surface area contributed by atoms with Crippen LogP contribution in [-0.2, 0) is 4.74 Å². The molecule has 1 fully saturated rings. The van der Waals surface area contributed by atoms with Crippen LogP contribution in [0.1, 0.15) is 16.1 Å². The summed E-state index contributed by atoms with van der Waals surface area (Å²) in [5.41, 5.74) is 1.09. The van der Waals surface area contributed by atoms with E-state index < -0.39 is 5.91 Å². The highest BCUT2D eigenvalue weighted by Gasteiger charge is 2.15. The second-order valence-electron chi connectivity index (χ2n) is 6.42. The molecule has 144 valence electrons. The first-order valence-corrected chi connectivity index (χ1v) is 8.87. The van der Waals surface area contributed by atoms with E-state index in [1.165, 1.54) is 18.7 Å². The van der Waals surface area contributed by atoms with Crippen LogP contribution in [-0.4, -0.2) is 51.7 Å². The van der Waals surface area contributed by atoms with Gasteiger partial charge in [0, 0.05) is 31.0 Å². The van der Waals surface area contributed by atoms with Crippen LogP contribution in [0.4, 0.5) is 15.9 Å². The minimum atomic E-state index is -0.426. The van der Waals surface area contributed by atoms with Gasteiger partial charge in [-0.2, -0.15) is 0 Å². The van der Waals surface area contributed by atoms with Gasteiger partial charge in [0.25, 0.3) is 5.91 Å². The SMILES string of the molecule is Cc1ccc(NC(=O)c2cn(-c3cc(N4CCOCC4)ncn3)cn2)cc1F. The Morgan fingerprint density at radius 1 is 1.14 bits per heavy atom. The maximum absolute atomic E-state index is 13.7. The van der Waals surface area contributed by atoms with Gasteiger partial charge in [0.2, 0.25) is 0 Å². The molecule has 0 aliphatic carbocycles. The van der Waals surface area contributed by atoms with Gasteiger partial charge in [0.1, 0.15) is 35.8 Å². The number of benzene rings is 1. The molecule has 1 amide bonds. The molecular formula is C19H19FN6O2. The molecule has 4 rings (SSSR count). The Bertz CT molecular complexity index is 1000. The fourth-order valence-corrected chi connectivity index (χ4v) is 2.87. The van der Waals surface area contributed by atoms with Gasteiger partial charge in [-0.15, -0.1) is 0 Å². The van der Waals surface area contributed by atoms with Crippen molar-refractivity contribution in [3.8, 4) is 5.82 Å². The largest absolute Gasteiger partial charge is 0.378 e. The number of anilines is 2. The van der Waals surface area contributed by atoms with Crippen LogP contribution in [0.5, 0.6) is 0 Å². The van der Waals surface area contributed by atoms with Gasteiger partial charge in [-0.3, -0.25) is 9.36 Å². The van der Waals surface area contributed by atoms with E-state index in [4.69, 9.17) is 4.74 Å². The van der Waals surface area contributed by atoms with Crippen LogP contribution < -0.4 is 10.2 Å². The fourth-order valence-electron chi connectivity index (χ4n) is 2.87. The zero-order valence-electron chi connectivity index (χ0n) is 15.3. The van der Waals surface area contributed by atoms with E-state index in [1.807, 2.05) is 6.07 Å². The van der Waals surface area contributed by atoms with Crippen LogP contribution in [0, 0.1) is 12.7 Å². The number of aromatic nitrogens is 4. The quantitative estimate of drug-likeness (QED) is 0.745. The summed E-state index contributed by atoms with van der Waals surface area (Å²) in [4.78, 5) is 27.2. The molecule has 28 heavy (non-hydrogen) atoms. The Kier molecular flexibility index (Phi) is 4.98. The summed E-state index contributed by atoms with van der Waals surface area (Å²) >= 11 is 0. The molecule has 0 spiro atoms. The number of aryl methyl sites for hydroxylation is 1. The number of halogens is 1. The Morgan fingerprint density at radius 2 is 1.93 bits per heavy atom. The third kappa shape index (κ3) is 3.84. The number of rotatable bonds is 4. The van der Waals surface area contributed by atoms with Crippen molar-refractivity contribution in [2.45, 2.75) is 6.92 Å². The summed E-state index contributed by atoms with van der Waals surface area (Å²) in [6.07, 6.45) is 4.57. The van der Waals surface area contributed by atoms with E-state index in [2.05, 4.69) is 25.2 Å². The average molecular weight is 382 g/mol. The van der Waals surface area contributed by atoms with Crippen molar-refractivity contribution in [2.24, 2.45) is 0 Å². The summed E-state index contributed by atoms with van der Waals surface area (Å²) in [6, 6.07) is 6.37. The second-order valence-corrected chi connectivity index (χ2v) is 6.42. The summed E-state index contributed by atoms with van der Waals surface area (Å²) in [7, 11) is 0. The molecule has 1 aliphatic rings. The molecule has 0 unspecified atom stereocenters. The lowest BCUT2D eigenvalue weighted by Crippen LogP contribution is -2.36. The average Bonchev–Trinajstić information content (AvgIpc) is 3.22. The minimum absolute atomic E-state index is 0.201. The second kappa shape index (κ2) is 7.73. The van der Waals surface area contributed by atoms with Crippen molar-refractivity contribution in [1.82, 2.24) is 19.5 Å². The van der Waals surface area contributed by atoms with E-state index >= 15 is 0 Å². The lowest BCUT2D eigenvalue weighted by molar-refractivity contribution is 0.102. The van der Waals surface area contributed by atoms with Crippen molar-refractivity contribution < 1.29 is 13.9 Å². The lowest BCUT2D eigenvalue weighted by atomic mass is 10.2. The van der Waals surface area contributed by atoms with Crippen molar-refractivity contribution in [3.05, 3.63) is 60.2 Å². The molecule has 0 saturated carbocycles. The van der Waals surface area contributed by atoms with Crippen molar-refractivity contribution >= 4 is 17.4 Å². The highest BCUT2D eigenvalue weighted by Crippen LogP contribution is 2.17. The highest BCUT2D eigenvalue weighted by atomic mass is 19.1. The van der Waals surface area contributed by atoms with Crippen molar-refractivity contribution in [3.63, 3.8) is 0 Å². The van der Waals surface area contributed by atoms with Crippen LogP contribution in [0.2, 0.25) is 0 Å². The predicted octanol–water partition coefficient (Wildman–Crippen LogP) is 2.20. The number of nitrogens with one attached hydrogen (secondary N) is 1. The standard InChI is InChI=1S/C19H19FN6O2/c1-13-2-3-14(8-15(13)20)24-19(27)16-10-26(12-23-16)18-9-17(21-11-22-18)25-4-6-28-7-5-25/h2-3,8-12H,4-7H2,1H3,(H,24,27). The number of carbonyl (C=O) groups excluding carboxylic acids is 1. The third-order valence-corrected chi connectivity index (χ3v) is 4.48. The van der Waals surface area contributed by atoms with Crippen molar-refractivity contribution in [2.75, 3.05) is 36.5 Å². The Morgan fingerprint density at radius 3 is 2.71 bits per heavy atom. The highest BCUT2D eigenvalue weighted by molar-refractivity contribution is 6.02. The third-order valence-electron chi connectivity index (χ3n) is 4.48. The molecule has 9 heteroatoms. The molecule has 1 aromatic carbocycles. The number of hydrogen-bond donors (Lipinski definition) is 1. The van der Waals surface area contributed by atoms with Crippen LogP contribution >= 0.6 is 0 Å². The van der Waals surface area contributed by atoms with Crippen LogP contribution in [0.3, 0.4) is 0 Å². The number of morpholine rings is 1. The topological polar surface area (TPSA) is 85.2 Å². The number of carbonyl (C=O) groups is 1. The van der Waals surface area contributed by atoms with Gasteiger partial charge in [0.05, 0.1) is 13.2 Å². The first-order chi connectivity index (χ1) is 13.6. The molecule has 1 N–H and O–H groups in total. The molecule has 3 aromatic rings. The Hall–Kier alpha value is -3.33. The molecule has 1 aliphatic heterocycles. The first-order valence-electron chi connectivity index (χ1n) is 8.87. The maximum Gasteiger partial charge on any atom is 0.275 e. The zero-order chi connectivity index (χ0) is 19.5. The van der Waals surface area contributed by atoms with Gasteiger partial charge < -0.3 is 15.0 Å². The molecular weight excluding hydrogens is 363 g/mol. The van der Waals surface area contributed by atoms with E-state index in [-0.39, 0.29) is 11.5 Å². The van der Waals surface area contributed by atoms with Crippen LogP contribution in [0.25, 0.3) is 5.82 Å². The number of amides is 1. The van der Waals surface area contributed by atoms with E-state index in [0.717, 1.165) is 18.9 Å². The molecule has 0 bridgehead atoms. The fraction of sp³-hybridized carbons (Fsp3) is 0.263. The Labute approximate surface area is 161 Å². The van der Waals surface area contributed by atoms with Crippen molar-refractivity contribution in [1.29, 1.82) is 0 Å². The molecule has 8 nitrogen and oxygen atoms in total. The molecule has 3 heterocycles. The minimum Gasteiger partial charge on any atom is -0.378 e. The van der Waals surface area contributed by atoms with Gasteiger partial charge in [-0.05, 0) is 24.6 Å². The monoisotopic (exact) mass is 382 g/mol. The number of imidazole rings is 1. The summed E-state index contributed by atoms with van der Waals surface area (Å²) in [6.45, 7) is 4.51. The number of ether oxygens (including phenoxy) is 1. The molecule has 1 saturated heterocycles. The summed E-state index contributed by atoms with van der Waals surface area (Å²) in [5, 5.41) is 2.64.